The van der Waals surface area contributed by atoms with Gasteiger partial charge in [-0.05, 0) is 75.6 Å². The molecule has 2 rings (SSSR count). The topological polar surface area (TPSA) is 33.0 Å². The van der Waals surface area contributed by atoms with Gasteiger partial charge in [-0.25, -0.2) is 0 Å². The molecule has 0 saturated carbocycles. The van der Waals surface area contributed by atoms with Crippen molar-refractivity contribution < 1.29 is 4.74 Å². The van der Waals surface area contributed by atoms with Crippen molar-refractivity contribution in [3.63, 3.8) is 0 Å². The third-order valence-electron chi connectivity index (χ3n) is 3.84. The standard InChI is InChI=1S/C17H23NO/c1-17(2,13-18)10-3-4-11-19-16-9-8-14-6-5-7-15(14)12-16/h8-9,12H,3-7,10-11H2,1-2H3. The molecular weight excluding hydrogens is 234 g/mol. The summed E-state index contributed by atoms with van der Waals surface area (Å²) in [5.41, 5.74) is 2.75. The predicted octanol–water partition coefficient (Wildman–Crippen LogP) is 4.27. The summed E-state index contributed by atoms with van der Waals surface area (Å²) in [6.07, 6.45) is 6.70. The monoisotopic (exact) mass is 257 g/mol. The smallest absolute Gasteiger partial charge is 0.119 e. The first-order valence-corrected chi connectivity index (χ1v) is 7.27. The van der Waals surface area contributed by atoms with Crippen molar-refractivity contribution in [2.24, 2.45) is 5.41 Å². The van der Waals surface area contributed by atoms with Crippen LogP contribution in [0.3, 0.4) is 0 Å². The fraction of sp³-hybridized carbons (Fsp3) is 0.588. The van der Waals surface area contributed by atoms with Gasteiger partial charge in [0.25, 0.3) is 0 Å². The van der Waals surface area contributed by atoms with E-state index in [4.69, 9.17) is 10.00 Å². The Hall–Kier alpha value is -1.49. The number of benzene rings is 1. The molecular formula is C17H23NO. The first-order valence-electron chi connectivity index (χ1n) is 7.27. The highest BCUT2D eigenvalue weighted by atomic mass is 16.5. The molecule has 0 unspecified atom stereocenters. The van der Waals surface area contributed by atoms with Gasteiger partial charge in [0.1, 0.15) is 5.75 Å². The highest BCUT2D eigenvalue weighted by Gasteiger charge is 2.15. The van der Waals surface area contributed by atoms with E-state index in [9.17, 15) is 0 Å². The summed E-state index contributed by atoms with van der Waals surface area (Å²) in [5, 5.41) is 8.94. The molecule has 102 valence electrons. The van der Waals surface area contributed by atoms with E-state index in [0.717, 1.165) is 31.6 Å². The van der Waals surface area contributed by atoms with Gasteiger partial charge in [-0.3, -0.25) is 0 Å². The van der Waals surface area contributed by atoms with Crippen molar-refractivity contribution >= 4 is 0 Å². The third kappa shape index (κ3) is 3.99. The van der Waals surface area contributed by atoms with Gasteiger partial charge < -0.3 is 4.74 Å². The predicted molar refractivity (Wildman–Crippen MR) is 77.2 cm³/mol. The lowest BCUT2D eigenvalue weighted by Gasteiger charge is -2.14. The molecule has 0 saturated heterocycles. The Kier molecular flexibility index (Phi) is 4.47. The van der Waals surface area contributed by atoms with E-state index in [0.29, 0.717) is 0 Å². The Morgan fingerprint density at radius 3 is 2.79 bits per heavy atom. The van der Waals surface area contributed by atoms with Gasteiger partial charge >= 0.3 is 0 Å². The van der Waals surface area contributed by atoms with E-state index in [-0.39, 0.29) is 5.41 Å². The van der Waals surface area contributed by atoms with E-state index in [1.807, 2.05) is 13.8 Å². The summed E-state index contributed by atoms with van der Waals surface area (Å²) in [6, 6.07) is 8.82. The Morgan fingerprint density at radius 1 is 1.21 bits per heavy atom. The summed E-state index contributed by atoms with van der Waals surface area (Å²) >= 11 is 0. The summed E-state index contributed by atoms with van der Waals surface area (Å²) in [5.74, 6) is 1.00. The molecule has 1 aromatic carbocycles. The Labute approximate surface area is 116 Å². The van der Waals surface area contributed by atoms with Crippen LogP contribution in [0, 0.1) is 16.7 Å². The molecule has 2 nitrogen and oxygen atoms in total. The lowest BCUT2D eigenvalue weighted by molar-refractivity contribution is 0.294. The number of rotatable bonds is 6. The van der Waals surface area contributed by atoms with Crippen LogP contribution in [0.25, 0.3) is 0 Å². The van der Waals surface area contributed by atoms with Crippen LogP contribution < -0.4 is 4.74 Å². The molecule has 0 aromatic heterocycles. The zero-order chi connectivity index (χ0) is 13.7. The highest BCUT2D eigenvalue weighted by molar-refractivity contribution is 5.38. The summed E-state index contributed by atoms with van der Waals surface area (Å²) in [6.45, 7) is 4.74. The highest BCUT2D eigenvalue weighted by Crippen LogP contribution is 2.26. The van der Waals surface area contributed by atoms with E-state index in [2.05, 4.69) is 24.3 Å². The molecule has 1 aliphatic rings. The molecule has 0 atom stereocenters. The minimum absolute atomic E-state index is 0.201. The number of aryl methyl sites for hydroxylation is 2. The molecule has 0 aliphatic heterocycles. The van der Waals surface area contributed by atoms with E-state index >= 15 is 0 Å². The van der Waals surface area contributed by atoms with Crippen LogP contribution in [0.15, 0.2) is 18.2 Å². The molecule has 2 heteroatoms. The number of fused-ring (bicyclic) bond motifs is 1. The van der Waals surface area contributed by atoms with Crippen LogP contribution in [0.1, 0.15) is 50.7 Å². The van der Waals surface area contributed by atoms with E-state index in [1.54, 1.807) is 0 Å². The number of nitriles is 1. The normalized spacial score (nSPS) is 13.9. The minimum atomic E-state index is -0.201. The quantitative estimate of drug-likeness (QED) is 0.713. The molecule has 19 heavy (non-hydrogen) atoms. The second kappa shape index (κ2) is 6.10. The first kappa shape index (κ1) is 13.9. The second-order valence-electron chi connectivity index (χ2n) is 6.09. The van der Waals surface area contributed by atoms with Crippen molar-refractivity contribution in [2.45, 2.75) is 52.4 Å². The lowest BCUT2D eigenvalue weighted by atomic mass is 9.89. The fourth-order valence-electron chi connectivity index (χ4n) is 2.55. The summed E-state index contributed by atoms with van der Waals surface area (Å²) < 4.78 is 5.80. The average molecular weight is 257 g/mol. The van der Waals surface area contributed by atoms with Crippen molar-refractivity contribution in [2.75, 3.05) is 6.61 Å². The van der Waals surface area contributed by atoms with Gasteiger partial charge in [-0.2, -0.15) is 5.26 Å². The van der Waals surface area contributed by atoms with Crippen molar-refractivity contribution in [1.82, 2.24) is 0 Å². The van der Waals surface area contributed by atoms with Gasteiger partial charge in [-0.15, -0.1) is 0 Å². The van der Waals surface area contributed by atoms with Crippen LogP contribution >= 0.6 is 0 Å². The van der Waals surface area contributed by atoms with Crippen molar-refractivity contribution in [1.29, 1.82) is 5.26 Å². The molecule has 0 amide bonds. The second-order valence-corrected chi connectivity index (χ2v) is 6.09. The zero-order valence-electron chi connectivity index (χ0n) is 12.0. The Bertz CT molecular complexity index is 471. The minimum Gasteiger partial charge on any atom is -0.494 e. The van der Waals surface area contributed by atoms with Gasteiger partial charge in [-0.1, -0.05) is 6.07 Å². The fourth-order valence-corrected chi connectivity index (χ4v) is 2.55. The van der Waals surface area contributed by atoms with Crippen LogP contribution in [0.5, 0.6) is 5.75 Å². The largest absolute Gasteiger partial charge is 0.494 e. The molecule has 0 bridgehead atoms. The maximum absolute atomic E-state index is 8.94. The number of hydrogen-bond donors (Lipinski definition) is 0. The maximum Gasteiger partial charge on any atom is 0.119 e. The van der Waals surface area contributed by atoms with Gasteiger partial charge in [0, 0.05) is 0 Å². The summed E-state index contributed by atoms with van der Waals surface area (Å²) in [4.78, 5) is 0. The number of ether oxygens (including phenoxy) is 1. The maximum atomic E-state index is 8.94. The number of unbranched alkanes of at least 4 members (excludes halogenated alkanes) is 1. The zero-order valence-corrected chi connectivity index (χ0v) is 12.0. The molecule has 0 fully saturated rings. The van der Waals surface area contributed by atoms with Crippen LogP contribution in [-0.4, -0.2) is 6.61 Å². The van der Waals surface area contributed by atoms with Crippen molar-refractivity contribution in [3.8, 4) is 11.8 Å². The molecule has 0 radical (unpaired) electrons. The van der Waals surface area contributed by atoms with Gasteiger partial charge in [0.2, 0.25) is 0 Å². The van der Waals surface area contributed by atoms with Gasteiger partial charge in [0.15, 0.2) is 0 Å². The van der Waals surface area contributed by atoms with Crippen LogP contribution in [0.4, 0.5) is 0 Å². The number of hydrogen-bond acceptors (Lipinski definition) is 2. The molecule has 0 spiro atoms. The van der Waals surface area contributed by atoms with Crippen LogP contribution in [0.2, 0.25) is 0 Å². The van der Waals surface area contributed by atoms with Crippen LogP contribution in [-0.2, 0) is 12.8 Å². The summed E-state index contributed by atoms with van der Waals surface area (Å²) in [7, 11) is 0. The molecule has 1 aromatic rings. The first-order chi connectivity index (χ1) is 9.11. The SMILES string of the molecule is CC(C)(C#N)CCCCOc1ccc2c(c1)CCC2. The van der Waals surface area contributed by atoms with E-state index < -0.39 is 0 Å². The third-order valence-corrected chi connectivity index (χ3v) is 3.84. The molecule has 0 N–H and O–H groups in total. The number of nitrogens with zero attached hydrogens (tertiary/aromatic N) is 1. The molecule has 1 aliphatic carbocycles. The Balaban J connectivity index is 1.71. The molecule has 0 heterocycles. The lowest BCUT2D eigenvalue weighted by Crippen LogP contribution is -2.08. The van der Waals surface area contributed by atoms with Crippen molar-refractivity contribution in [3.05, 3.63) is 29.3 Å². The van der Waals surface area contributed by atoms with E-state index in [1.165, 1.54) is 30.4 Å². The average Bonchev–Trinajstić information content (AvgIpc) is 2.85. The Morgan fingerprint density at radius 2 is 2.00 bits per heavy atom. The van der Waals surface area contributed by atoms with Gasteiger partial charge in [0.05, 0.1) is 18.1 Å².